The number of hydrogen-bond acceptors (Lipinski definition) is 3. The van der Waals surface area contributed by atoms with Gasteiger partial charge in [-0.05, 0) is 25.7 Å². The first-order valence-corrected chi connectivity index (χ1v) is 7.75. The van der Waals surface area contributed by atoms with Crippen molar-refractivity contribution in [1.29, 1.82) is 5.41 Å². The number of hydrogen-bond donors (Lipinski definition) is 2. The molecule has 0 amide bonds. The van der Waals surface area contributed by atoms with Gasteiger partial charge in [-0.1, -0.05) is 19.3 Å². The van der Waals surface area contributed by atoms with E-state index in [-0.39, 0.29) is 17.5 Å². The molecule has 0 spiro atoms. The number of nitrogens with two attached hydrogens (primary N) is 1. The van der Waals surface area contributed by atoms with Gasteiger partial charge in [-0.3, -0.25) is 5.41 Å². The number of nitrogens with one attached hydrogen (secondary N) is 1. The van der Waals surface area contributed by atoms with E-state index in [4.69, 9.17) is 11.1 Å². The van der Waals surface area contributed by atoms with Gasteiger partial charge in [0.25, 0.3) is 0 Å². The normalized spacial score (nSPS) is 20.4. The minimum Gasteiger partial charge on any atom is -0.386 e. The molecule has 1 fully saturated rings. The van der Waals surface area contributed by atoms with Crippen molar-refractivity contribution >= 4 is 15.9 Å². The first-order chi connectivity index (χ1) is 7.84. The molecule has 0 saturated heterocycles. The van der Waals surface area contributed by atoms with Crippen LogP contribution in [0.4, 0.5) is 0 Å². The average Bonchev–Trinajstić information content (AvgIpc) is 2.27. The Labute approximate surface area is 104 Å². The Hall–Kier alpha value is -0.620. The molecule has 0 aromatic heterocycles. The Morgan fingerprint density at radius 3 is 2.41 bits per heavy atom. The van der Waals surface area contributed by atoms with Crippen LogP contribution in [-0.2, 0) is 10.0 Å². The van der Waals surface area contributed by atoms with Crippen LogP contribution in [0.2, 0.25) is 0 Å². The minimum absolute atomic E-state index is 0.111. The quantitative estimate of drug-likeness (QED) is 0.575. The van der Waals surface area contributed by atoms with Crippen LogP contribution in [0.1, 0.15) is 39.0 Å². The molecule has 100 valence electrons. The van der Waals surface area contributed by atoms with E-state index in [1.165, 1.54) is 17.8 Å². The highest BCUT2D eigenvalue weighted by Crippen LogP contribution is 2.25. The molecule has 0 aromatic carbocycles. The van der Waals surface area contributed by atoms with Gasteiger partial charge in [0, 0.05) is 7.05 Å². The predicted octanol–water partition coefficient (Wildman–Crippen LogP) is 1.15. The van der Waals surface area contributed by atoms with Crippen LogP contribution >= 0.6 is 0 Å². The van der Waals surface area contributed by atoms with Crippen molar-refractivity contribution in [3.05, 3.63) is 0 Å². The summed E-state index contributed by atoms with van der Waals surface area (Å²) in [5.74, 6) is 0.358. The summed E-state index contributed by atoms with van der Waals surface area (Å²) >= 11 is 0. The third-order valence-corrected chi connectivity index (χ3v) is 5.69. The standard InChI is InChI=1S/C11H23N3O2S/c1-9(11(12)13)14(2)17(15,16)8-10-6-4-3-5-7-10/h9-10H,3-8H2,1-2H3,(H3,12,13). The van der Waals surface area contributed by atoms with Crippen molar-refractivity contribution in [2.45, 2.75) is 45.1 Å². The molecule has 6 heteroatoms. The summed E-state index contributed by atoms with van der Waals surface area (Å²) in [5, 5.41) is 7.30. The van der Waals surface area contributed by atoms with Gasteiger partial charge in [0.1, 0.15) is 5.84 Å². The van der Waals surface area contributed by atoms with Gasteiger partial charge in [0.05, 0.1) is 11.8 Å². The monoisotopic (exact) mass is 261 g/mol. The van der Waals surface area contributed by atoms with Crippen molar-refractivity contribution in [3.63, 3.8) is 0 Å². The van der Waals surface area contributed by atoms with E-state index in [1.54, 1.807) is 6.92 Å². The second kappa shape index (κ2) is 5.82. The maximum atomic E-state index is 12.1. The van der Waals surface area contributed by atoms with Gasteiger partial charge >= 0.3 is 0 Å². The number of amidine groups is 1. The van der Waals surface area contributed by atoms with E-state index < -0.39 is 16.1 Å². The molecule has 1 aliphatic rings. The molecule has 1 saturated carbocycles. The lowest BCUT2D eigenvalue weighted by atomic mass is 9.91. The molecule has 17 heavy (non-hydrogen) atoms. The first-order valence-electron chi connectivity index (χ1n) is 6.14. The number of likely N-dealkylation sites (N-methyl/N-ethyl adjacent to an activating group) is 1. The Morgan fingerprint density at radius 2 is 1.94 bits per heavy atom. The van der Waals surface area contributed by atoms with Crippen LogP contribution in [0, 0.1) is 11.3 Å². The molecular weight excluding hydrogens is 238 g/mol. The van der Waals surface area contributed by atoms with E-state index in [2.05, 4.69) is 0 Å². The van der Waals surface area contributed by atoms with Crippen LogP contribution in [0.25, 0.3) is 0 Å². The molecule has 1 aliphatic carbocycles. The van der Waals surface area contributed by atoms with Crippen LogP contribution < -0.4 is 5.73 Å². The Bertz CT molecular complexity index is 361. The fourth-order valence-corrected chi connectivity index (χ4v) is 3.97. The van der Waals surface area contributed by atoms with Gasteiger partial charge < -0.3 is 5.73 Å². The zero-order valence-electron chi connectivity index (χ0n) is 10.6. The van der Waals surface area contributed by atoms with Crippen molar-refractivity contribution in [2.75, 3.05) is 12.8 Å². The molecule has 0 radical (unpaired) electrons. The first kappa shape index (κ1) is 14.4. The third-order valence-electron chi connectivity index (χ3n) is 3.61. The van der Waals surface area contributed by atoms with E-state index in [1.807, 2.05) is 0 Å². The topological polar surface area (TPSA) is 87.2 Å². The summed E-state index contributed by atoms with van der Waals surface area (Å²) in [6.45, 7) is 1.64. The zero-order chi connectivity index (χ0) is 13.1. The number of nitrogens with zero attached hydrogens (tertiary/aromatic N) is 1. The lowest BCUT2D eigenvalue weighted by Gasteiger charge is -2.27. The maximum absolute atomic E-state index is 12.1. The molecule has 0 aromatic rings. The minimum atomic E-state index is -3.29. The molecule has 1 atom stereocenters. The Kier molecular flexibility index (Phi) is 4.94. The van der Waals surface area contributed by atoms with Crippen LogP contribution in [0.3, 0.4) is 0 Å². The van der Waals surface area contributed by atoms with Gasteiger partial charge in [-0.25, -0.2) is 8.42 Å². The molecular formula is C11H23N3O2S. The highest BCUT2D eigenvalue weighted by atomic mass is 32.2. The molecule has 0 aliphatic heterocycles. The molecule has 5 nitrogen and oxygen atoms in total. The number of rotatable bonds is 5. The maximum Gasteiger partial charge on any atom is 0.214 e. The van der Waals surface area contributed by atoms with Crippen molar-refractivity contribution < 1.29 is 8.42 Å². The fraction of sp³-hybridized carbons (Fsp3) is 0.909. The summed E-state index contributed by atoms with van der Waals surface area (Å²) in [4.78, 5) is 0. The van der Waals surface area contributed by atoms with Crippen LogP contribution in [0.15, 0.2) is 0 Å². The Morgan fingerprint density at radius 1 is 1.41 bits per heavy atom. The van der Waals surface area contributed by atoms with Crippen molar-refractivity contribution in [3.8, 4) is 0 Å². The highest BCUT2D eigenvalue weighted by molar-refractivity contribution is 7.89. The summed E-state index contributed by atoms with van der Waals surface area (Å²) in [6, 6.07) is -0.552. The zero-order valence-corrected chi connectivity index (χ0v) is 11.5. The molecule has 3 N–H and O–H groups in total. The largest absolute Gasteiger partial charge is 0.386 e. The SMILES string of the molecule is CC(C(=N)N)N(C)S(=O)(=O)CC1CCCCC1. The van der Waals surface area contributed by atoms with Crippen LogP contribution in [0.5, 0.6) is 0 Å². The van der Waals surface area contributed by atoms with E-state index >= 15 is 0 Å². The fourth-order valence-electron chi connectivity index (χ4n) is 2.21. The molecule has 0 bridgehead atoms. The second-order valence-corrected chi connectivity index (χ2v) is 7.00. The third kappa shape index (κ3) is 3.96. The van der Waals surface area contributed by atoms with E-state index in [0.717, 1.165) is 25.7 Å². The lowest BCUT2D eigenvalue weighted by Crippen LogP contribution is -2.45. The van der Waals surface area contributed by atoms with Gasteiger partial charge in [-0.2, -0.15) is 4.31 Å². The molecule has 0 heterocycles. The highest BCUT2D eigenvalue weighted by Gasteiger charge is 2.28. The van der Waals surface area contributed by atoms with Crippen molar-refractivity contribution in [2.24, 2.45) is 11.7 Å². The van der Waals surface area contributed by atoms with Gasteiger partial charge in [-0.15, -0.1) is 0 Å². The lowest BCUT2D eigenvalue weighted by molar-refractivity contribution is 0.372. The molecule has 1 unspecified atom stereocenters. The van der Waals surface area contributed by atoms with E-state index in [9.17, 15) is 8.42 Å². The van der Waals surface area contributed by atoms with Gasteiger partial charge in [0.2, 0.25) is 10.0 Å². The van der Waals surface area contributed by atoms with Gasteiger partial charge in [0.15, 0.2) is 0 Å². The van der Waals surface area contributed by atoms with Crippen molar-refractivity contribution in [1.82, 2.24) is 4.31 Å². The summed E-state index contributed by atoms with van der Waals surface area (Å²) in [6.07, 6.45) is 5.48. The van der Waals surface area contributed by atoms with E-state index in [0.29, 0.717) is 0 Å². The number of sulfonamides is 1. The summed E-state index contributed by atoms with van der Waals surface area (Å²) in [7, 11) is -1.79. The average molecular weight is 261 g/mol. The van der Waals surface area contributed by atoms with Crippen LogP contribution in [-0.4, -0.2) is 37.4 Å². The smallest absolute Gasteiger partial charge is 0.214 e. The molecule has 1 rings (SSSR count). The Balaban J connectivity index is 2.63. The predicted molar refractivity (Wildman–Crippen MR) is 69.5 cm³/mol. The summed E-state index contributed by atoms with van der Waals surface area (Å²) < 4.78 is 25.5. The summed E-state index contributed by atoms with van der Waals surface area (Å²) in [5.41, 5.74) is 5.34. The second-order valence-electron chi connectivity index (χ2n) is 4.93.